The number of phenolic OH excluding ortho intramolecular Hbond substituents is 1. The molecular formula is C25H36O8. The zero-order valence-electron chi connectivity index (χ0n) is 20.7. The molecule has 0 saturated heterocycles. The first-order valence-electron chi connectivity index (χ1n) is 11.1. The lowest BCUT2D eigenvalue weighted by atomic mass is 9.61. The molecule has 184 valence electrons. The highest BCUT2D eigenvalue weighted by Gasteiger charge is 2.58. The van der Waals surface area contributed by atoms with Gasteiger partial charge in [0.05, 0.1) is 18.1 Å². The normalized spacial score (nSPS) is 26.0. The molecule has 0 aliphatic heterocycles. The van der Waals surface area contributed by atoms with Gasteiger partial charge < -0.3 is 24.4 Å². The monoisotopic (exact) mass is 464 g/mol. The van der Waals surface area contributed by atoms with Gasteiger partial charge in [0.2, 0.25) is 0 Å². The summed E-state index contributed by atoms with van der Waals surface area (Å²) in [5, 5.41) is 21.4. The van der Waals surface area contributed by atoms with Crippen molar-refractivity contribution in [2.24, 2.45) is 11.8 Å². The van der Waals surface area contributed by atoms with Crippen LogP contribution in [-0.4, -0.2) is 51.3 Å². The van der Waals surface area contributed by atoms with Gasteiger partial charge in [-0.1, -0.05) is 6.07 Å². The van der Waals surface area contributed by atoms with Crippen LogP contribution in [0.2, 0.25) is 0 Å². The Bertz CT molecular complexity index is 904. The number of carbonyl (C=O) groups excluding carboxylic acids is 3. The van der Waals surface area contributed by atoms with Crippen LogP contribution in [0.5, 0.6) is 11.5 Å². The van der Waals surface area contributed by atoms with Crippen LogP contribution < -0.4 is 4.74 Å². The minimum atomic E-state index is -1.77. The third-order valence-electron chi connectivity index (χ3n) is 5.26. The van der Waals surface area contributed by atoms with Crippen molar-refractivity contribution < 1.29 is 38.8 Å². The molecule has 8 nitrogen and oxygen atoms in total. The molecule has 1 aliphatic carbocycles. The van der Waals surface area contributed by atoms with Crippen molar-refractivity contribution in [1.29, 1.82) is 0 Å². The van der Waals surface area contributed by atoms with E-state index in [4.69, 9.17) is 14.2 Å². The van der Waals surface area contributed by atoms with Crippen molar-refractivity contribution in [3.8, 4) is 11.5 Å². The Morgan fingerprint density at radius 1 is 1.06 bits per heavy atom. The van der Waals surface area contributed by atoms with Crippen LogP contribution in [0.15, 0.2) is 18.2 Å². The molecule has 2 N–H and O–H groups in total. The van der Waals surface area contributed by atoms with E-state index in [1.54, 1.807) is 48.5 Å². The number of aliphatic hydroxyl groups is 1. The number of ketones is 1. The van der Waals surface area contributed by atoms with E-state index in [2.05, 4.69) is 0 Å². The lowest BCUT2D eigenvalue weighted by molar-refractivity contribution is -0.182. The minimum absolute atomic E-state index is 0.128. The highest BCUT2D eigenvalue weighted by molar-refractivity contribution is 6.03. The van der Waals surface area contributed by atoms with E-state index in [1.807, 2.05) is 0 Å². The largest absolute Gasteiger partial charge is 0.504 e. The SMILES string of the molecule is CCOc1cc([C@@H]2[C@H](C(=O)OC(C)(C)C)C(=O)C[C@](C)(O)[C@H]2C(=O)OC(C)(C)C)ccc1O. The predicted octanol–water partition coefficient (Wildman–Crippen LogP) is 3.51. The van der Waals surface area contributed by atoms with E-state index in [0.717, 1.165) is 0 Å². The number of hydrogen-bond donors (Lipinski definition) is 2. The van der Waals surface area contributed by atoms with Crippen LogP contribution in [-0.2, 0) is 23.9 Å². The van der Waals surface area contributed by atoms with E-state index in [-0.39, 0.29) is 18.1 Å². The van der Waals surface area contributed by atoms with E-state index in [0.29, 0.717) is 5.56 Å². The quantitative estimate of drug-likeness (QED) is 0.502. The molecule has 0 radical (unpaired) electrons. The summed E-state index contributed by atoms with van der Waals surface area (Å²) in [5.41, 5.74) is -3.12. The molecule has 1 aromatic carbocycles. The average molecular weight is 465 g/mol. The summed E-state index contributed by atoms with van der Waals surface area (Å²) in [7, 11) is 0. The van der Waals surface area contributed by atoms with Crippen LogP contribution in [0.4, 0.5) is 0 Å². The van der Waals surface area contributed by atoms with E-state index in [9.17, 15) is 24.6 Å². The van der Waals surface area contributed by atoms with Crippen LogP contribution in [0, 0.1) is 11.8 Å². The molecule has 1 aromatic rings. The number of rotatable bonds is 5. The third-order valence-corrected chi connectivity index (χ3v) is 5.26. The number of benzene rings is 1. The zero-order chi connectivity index (χ0) is 25.4. The van der Waals surface area contributed by atoms with Crippen molar-refractivity contribution in [2.45, 2.75) is 84.5 Å². The van der Waals surface area contributed by atoms with Crippen LogP contribution in [0.25, 0.3) is 0 Å². The van der Waals surface area contributed by atoms with Crippen molar-refractivity contribution >= 4 is 17.7 Å². The van der Waals surface area contributed by atoms with Crippen LogP contribution in [0.3, 0.4) is 0 Å². The molecule has 1 fully saturated rings. The van der Waals surface area contributed by atoms with Gasteiger partial charge in [-0.2, -0.15) is 0 Å². The summed E-state index contributed by atoms with van der Waals surface area (Å²) in [4.78, 5) is 39.7. The fourth-order valence-electron chi connectivity index (χ4n) is 4.16. The second kappa shape index (κ2) is 9.33. The van der Waals surface area contributed by atoms with E-state index < -0.39 is 58.7 Å². The summed E-state index contributed by atoms with van der Waals surface area (Å²) in [6, 6.07) is 4.35. The number of carbonyl (C=O) groups is 3. The highest BCUT2D eigenvalue weighted by atomic mass is 16.6. The molecule has 2 rings (SSSR count). The summed E-state index contributed by atoms with van der Waals surface area (Å²) < 4.78 is 16.6. The first kappa shape index (κ1) is 26.6. The van der Waals surface area contributed by atoms with Gasteiger partial charge in [-0.05, 0) is 73.1 Å². The van der Waals surface area contributed by atoms with Gasteiger partial charge in [0.1, 0.15) is 17.1 Å². The van der Waals surface area contributed by atoms with E-state index in [1.165, 1.54) is 25.1 Å². The number of Topliss-reactive ketones (excluding diaryl/α,β-unsaturated/α-hetero) is 1. The lowest BCUT2D eigenvalue weighted by Gasteiger charge is -2.44. The van der Waals surface area contributed by atoms with Gasteiger partial charge in [-0.3, -0.25) is 14.4 Å². The summed E-state index contributed by atoms with van der Waals surface area (Å²) in [6.07, 6.45) is -0.409. The number of phenols is 1. The minimum Gasteiger partial charge on any atom is -0.504 e. The first-order chi connectivity index (χ1) is 15.0. The highest BCUT2D eigenvalue weighted by Crippen LogP contribution is 2.48. The lowest BCUT2D eigenvalue weighted by Crippen LogP contribution is -2.56. The predicted molar refractivity (Wildman–Crippen MR) is 121 cm³/mol. The number of ether oxygens (including phenoxy) is 3. The molecule has 0 aromatic heterocycles. The standard InChI is InChI=1S/C25H36O8/c1-9-31-17-12-14(10-11-15(17)26)18-19(21(28)32-23(2,3)4)16(27)13-25(8,30)20(18)22(29)33-24(5,6)7/h10-12,18-20,26,30H,9,13H2,1-8H3/t18-,19-,20-,25+/m1/s1. The van der Waals surface area contributed by atoms with Gasteiger partial charge in [0, 0.05) is 12.3 Å². The molecule has 0 unspecified atom stereocenters. The number of hydrogen-bond acceptors (Lipinski definition) is 8. The van der Waals surface area contributed by atoms with Gasteiger partial charge in [-0.25, -0.2) is 0 Å². The molecule has 0 bridgehead atoms. The third kappa shape index (κ3) is 6.47. The first-order valence-corrected chi connectivity index (χ1v) is 11.1. The van der Waals surface area contributed by atoms with Gasteiger partial charge in [-0.15, -0.1) is 0 Å². The average Bonchev–Trinajstić information content (AvgIpc) is 2.59. The van der Waals surface area contributed by atoms with Gasteiger partial charge in [0.15, 0.2) is 17.3 Å². The second-order valence-electron chi connectivity index (χ2n) is 10.7. The van der Waals surface area contributed by atoms with Crippen molar-refractivity contribution in [1.82, 2.24) is 0 Å². The smallest absolute Gasteiger partial charge is 0.317 e. The number of esters is 2. The van der Waals surface area contributed by atoms with E-state index >= 15 is 0 Å². The van der Waals surface area contributed by atoms with Crippen LogP contribution in [0.1, 0.15) is 73.3 Å². The molecule has 0 spiro atoms. The van der Waals surface area contributed by atoms with Gasteiger partial charge in [0.25, 0.3) is 0 Å². The maximum Gasteiger partial charge on any atom is 0.317 e. The Kier molecular flexibility index (Phi) is 7.53. The van der Waals surface area contributed by atoms with Crippen molar-refractivity contribution in [3.63, 3.8) is 0 Å². The fraction of sp³-hybridized carbons (Fsp3) is 0.640. The summed E-state index contributed by atoms with van der Waals surface area (Å²) in [5.74, 6) is -5.73. The second-order valence-corrected chi connectivity index (χ2v) is 10.7. The van der Waals surface area contributed by atoms with Crippen molar-refractivity contribution in [2.75, 3.05) is 6.61 Å². The number of aromatic hydroxyl groups is 1. The Hall–Kier alpha value is -2.61. The molecular weight excluding hydrogens is 428 g/mol. The Morgan fingerprint density at radius 3 is 2.12 bits per heavy atom. The van der Waals surface area contributed by atoms with Crippen LogP contribution >= 0.6 is 0 Å². The van der Waals surface area contributed by atoms with Gasteiger partial charge >= 0.3 is 11.9 Å². The molecule has 33 heavy (non-hydrogen) atoms. The molecule has 0 amide bonds. The summed E-state index contributed by atoms with van der Waals surface area (Å²) in [6.45, 7) is 13.5. The summed E-state index contributed by atoms with van der Waals surface area (Å²) >= 11 is 0. The Labute approximate surface area is 195 Å². The topological polar surface area (TPSA) is 119 Å². The Morgan fingerprint density at radius 2 is 1.61 bits per heavy atom. The zero-order valence-corrected chi connectivity index (χ0v) is 20.7. The molecule has 8 heteroatoms. The fourth-order valence-corrected chi connectivity index (χ4v) is 4.16. The molecule has 1 saturated carbocycles. The molecule has 1 aliphatic rings. The molecule has 4 atom stereocenters. The Balaban J connectivity index is 2.71. The maximum absolute atomic E-state index is 13.3. The van der Waals surface area contributed by atoms with Crippen molar-refractivity contribution in [3.05, 3.63) is 23.8 Å². The molecule has 0 heterocycles. The maximum atomic E-state index is 13.3.